The number of H-pyrrole nitrogens is 1. The Balaban J connectivity index is 2.00. The largest absolute Gasteiger partial charge is 0.354 e. The van der Waals surface area contributed by atoms with Crippen molar-refractivity contribution < 1.29 is 0 Å². The van der Waals surface area contributed by atoms with Gasteiger partial charge in [-0.25, -0.2) is 15.0 Å². The van der Waals surface area contributed by atoms with Gasteiger partial charge in [-0.2, -0.15) is 10.1 Å². The van der Waals surface area contributed by atoms with Gasteiger partial charge in [0.2, 0.25) is 5.95 Å². The van der Waals surface area contributed by atoms with Crippen LogP contribution in [0.2, 0.25) is 0 Å². The summed E-state index contributed by atoms with van der Waals surface area (Å²) in [6, 6.07) is 0. The van der Waals surface area contributed by atoms with Gasteiger partial charge < -0.3 is 5.32 Å². The van der Waals surface area contributed by atoms with Crippen LogP contribution in [-0.2, 0) is 0 Å². The fraction of sp³-hybridized carbons (Fsp3) is 0.250. The molecule has 2 N–H and O–H groups in total. The average molecular weight is 287 g/mol. The highest BCUT2D eigenvalue weighted by Crippen LogP contribution is 2.29. The Morgan fingerprint density at radius 3 is 2.75 bits per heavy atom. The molecule has 0 saturated carbocycles. The molecule has 0 aliphatic rings. The van der Waals surface area contributed by atoms with Gasteiger partial charge in [-0.15, -0.1) is 0 Å². The zero-order valence-electron chi connectivity index (χ0n) is 11.1. The SMILES string of the molecule is CCNc1nc(Sc2ncc(C)cn2)c2cn[nH]c2n1. The number of aromatic amines is 1. The van der Waals surface area contributed by atoms with Crippen LogP contribution in [0.3, 0.4) is 0 Å². The van der Waals surface area contributed by atoms with Crippen LogP contribution in [0.4, 0.5) is 5.95 Å². The lowest BCUT2D eigenvalue weighted by Gasteiger charge is -2.05. The maximum atomic E-state index is 4.48. The minimum absolute atomic E-state index is 0.568. The normalized spacial score (nSPS) is 10.9. The van der Waals surface area contributed by atoms with Gasteiger partial charge in [-0.3, -0.25) is 5.10 Å². The number of hydrogen-bond donors (Lipinski definition) is 2. The number of anilines is 1. The average Bonchev–Trinajstić information content (AvgIpc) is 2.90. The van der Waals surface area contributed by atoms with E-state index in [0.717, 1.165) is 22.5 Å². The lowest BCUT2D eigenvalue weighted by molar-refractivity contribution is 0.944. The van der Waals surface area contributed by atoms with Crippen LogP contribution in [-0.4, -0.2) is 36.7 Å². The van der Waals surface area contributed by atoms with E-state index in [1.807, 2.05) is 13.8 Å². The van der Waals surface area contributed by atoms with Crippen LogP contribution in [0.15, 0.2) is 28.8 Å². The molecule has 0 spiro atoms. The predicted molar refractivity (Wildman–Crippen MR) is 76.7 cm³/mol. The number of hydrogen-bond acceptors (Lipinski definition) is 7. The number of aromatic nitrogens is 6. The summed E-state index contributed by atoms with van der Waals surface area (Å²) < 4.78 is 0. The fourth-order valence-corrected chi connectivity index (χ4v) is 2.42. The summed E-state index contributed by atoms with van der Waals surface area (Å²) in [4.78, 5) is 17.4. The van der Waals surface area contributed by atoms with Crippen molar-refractivity contribution >= 4 is 28.7 Å². The van der Waals surface area contributed by atoms with E-state index in [1.165, 1.54) is 11.8 Å². The first-order valence-corrected chi connectivity index (χ1v) is 6.99. The summed E-state index contributed by atoms with van der Waals surface area (Å²) in [5.74, 6) is 0.568. The van der Waals surface area contributed by atoms with Gasteiger partial charge in [0.15, 0.2) is 10.8 Å². The third kappa shape index (κ3) is 2.55. The molecule has 0 bridgehead atoms. The van der Waals surface area contributed by atoms with Crippen molar-refractivity contribution in [3.63, 3.8) is 0 Å². The molecule has 0 aliphatic heterocycles. The molecule has 3 heterocycles. The summed E-state index contributed by atoms with van der Waals surface area (Å²) in [6.07, 6.45) is 5.28. The van der Waals surface area contributed by atoms with Crippen LogP contribution in [0.1, 0.15) is 12.5 Å². The molecule has 7 nitrogen and oxygen atoms in total. The molecule has 0 amide bonds. The molecule has 20 heavy (non-hydrogen) atoms. The van der Waals surface area contributed by atoms with E-state index >= 15 is 0 Å². The Morgan fingerprint density at radius 2 is 2.00 bits per heavy atom. The monoisotopic (exact) mass is 287 g/mol. The molecule has 8 heteroatoms. The number of nitrogens with zero attached hydrogens (tertiary/aromatic N) is 5. The molecule has 102 valence electrons. The summed E-state index contributed by atoms with van der Waals surface area (Å²) in [5, 5.41) is 12.3. The quantitative estimate of drug-likeness (QED) is 0.560. The van der Waals surface area contributed by atoms with Crippen molar-refractivity contribution in [1.82, 2.24) is 30.1 Å². The van der Waals surface area contributed by atoms with Crippen molar-refractivity contribution in [1.29, 1.82) is 0 Å². The number of fused-ring (bicyclic) bond motifs is 1. The van der Waals surface area contributed by atoms with E-state index in [1.54, 1.807) is 18.6 Å². The van der Waals surface area contributed by atoms with E-state index in [9.17, 15) is 0 Å². The first kappa shape index (κ1) is 12.8. The lowest BCUT2D eigenvalue weighted by Crippen LogP contribution is -2.03. The van der Waals surface area contributed by atoms with Crippen molar-refractivity contribution in [3.8, 4) is 0 Å². The fourth-order valence-electron chi connectivity index (χ4n) is 1.64. The second kappa shape index (κ2) is 5.41. The third-order valence-electron chi connectivity index (χ3n) is 2.55. The molecule has 3 aromatic heterocycles. The highest BCUT2D eigenvalue weighted by molar-refractivity contribution is 7.99. The maximum Gasteiger partial charge on any atom is 0.225 e. The summed E-state index contributed by atoms with van der Waals surface area (Å²) in [6.45, 7) is 4.71. The van der Waals surface area contributed by atoms with Crippen molar-refractivity contribution in [2.45, 2.75) is 24.0 Å². The Morgan fingerprint density at radius 1 is 1.20 bits per heavy atom. The van der Waals surface area contributed by atoms with E-state index in [4.69, 9.17) is 0 Å². The molecule has 3 rings (SSSR count). The molecule has 0 fully saturated rings. The number of rotatable bonds is 4. The molecule has 3 aromatic rings. The Labute approximate surface area is 119 Å². The van der Waals surface area contributed by atoms with Crippen molar-refractivity contribution in [2.75, 3.05) is 11.9 Å². The van der Waals surface area contributed by atoms with E-state index in [2.05, 4.69) is 35.5 Å². The minimum atomic E-state index is 0.568. The Hall–Kier alpha value is -2.22. The zero-order valence-corrected chi connectivity index (χ0v) is 11.9. The van der Waals surface area contributed by atoms with E-state index < -0.39 is 0 Å². The summed E-state index contributed by atoms with van der Waals surface area (Å²) in [5.41, 5.74) is 1.73. The van der Waals surface area contributed by atoms with Gasteiger partial charge in [0.1, 0.15) is 5.03 Å². The number of aryl methyl sites for hydroxylation is 1. The Bertz CT molecular complexity index is 722. The minimum Gasteiger partial charge on any atom is -0.354 e. The van der Waals surface area contributed by atoms with Crippen LogP contribution >= 0.6 is 11.8 Å². The van der Waals surface area contributed by atoms with E-state index in [-0.39, 0.29) is 0 Å². The summed E-state index contributed by atoms with van der Waals surface area (Å²) >= 11 is 1.40. The second-order valence-electron chi connectivity index (χ2n) is 4.16. The van der Waals surface area contributed by atoms with Gasteiger partial charge in [0.25, 0.3) is 0 Å². The van der Waals surface area contributed by atoms with Crippen LogP contribution in [0, 0.1) is 6.92 Å². The first-order chi connectivity index (χ1) is 9.76. The molecule has 0 radical (unpaired) electrons. The molecule has 0 aromatic carbocycles. The first-order valence-electron chi connectivity index (χ1n) is 6.17. The second-order valence-corrected chi connectivity index (χ2v) is 5.12. The van der Waals surface area contributed by atoms with Gasteiger partial charge in [-0.1, -0.05) is 0 Å². The standard InChI is InChI=1S/C12H13N7S/c1-3-13-11-17-9-8(6-16-19-9)10(18-11)20-12-14-4-7(2)5-15-12/h4-6H,3H2,1-2H3,(H2,13,16,17,18,19). The molecule has 0 atom stereocenters. The highest BCUT2D eigenvalue weighted by Gasteiger charge is 2.11. The summed E-state index contributed by atoms with van der Waals surface area (Å²) in [7, 11) is 0. The van der Waals surface area contributed by atoms with Gasteiger partial charge in [-0.05, 0) is 31.2 Å². The molecular weight excluding hydrogens is 274 g/mol. The maximum absolute atomic E-state index is 4.48. The molecular formula is C12H13N7S. The van der Waals surface area contributed by atoms with Crippen LogP contribution in [0.5, 0.6) is 0 Å². The highest BCUT2D eigenvalue weighted by atomic mass is 32.2. The molecule has 0 aliphatic carbocycles. The zero-order chi connectivity index (χ0) is 13.9. The molecule has 0 unspecified atom stereocenters. The lowest BCUT2D eigenvalue weighted by atomic mass is 10.4. The molecule has 0 saturated heterocycles. The smallest absolute Gasteiger partial charge is 0.225 e. The van der Waals surface area contributed by atoms with Gasteiger partial charge in [0, 0.05) is 18.9 Å². The number of nitrogens with one attached hydrogen (secondary N) is 2. The Kier molecular flexibility index (Phi) is 3.46. The topological polar surface area (TPSA) is 92.3 Å². The predicted octanol–water partition coefficient (Wildman–Crippen LogP) is 2.03. The van der Waals surface area contributed by atoms with E-state index in [0.29, 0.717) is 16.8 Å². The van der Waals surface area contributed by atoms with Crippen LogP contribution < -0.4 is 5.32 Å². The van der Waals surface area contributed by atoms with Gasteiger partial charge >= 0.3 is 0 Å². The van der Waals surface area contributed by atoms with Crippen molar-refractivity contribution in [2.24, 2.45) is 0 Å². The van der Waals surface area contributed by atoms with Gasteiger partial charge in [0.05, 0.1) is 11.6 Å². The van der Waals surface area contributed by atoms with Crippen LogP contribution in [0.25, 0.3) is 11.0 Å². The third-order valence-corrected chi connectivity index (χ3v) is 3.45. The van der Waals surface area contributed by atoms with Crippen molar-refractivity contribution in [3.05, 3.63) is 24.2 Å².